The molecule has 1 heterocycles. The van der Waals surface area contributed by atoms with Crippen LogP contribution in [0.25, 0.3) is 0 Å². The van der Waals surface area contributed by atoms with Crippen LogP contribution in [0.1, 0.15) is 38.9 Å². The Morgan fingerprint density at radius 2 is 2.17 bits per heavy atom. The molecule has 0 radical (unpaired) electrons. The highest BCUT2D eigenvalue weighted by molar-refractivity contribution is 5.76. The first-order valence-electron chi connectivity index (χ1n) is 6.64. The molecule has 0 aromatic carbocycles. The first-order valence-corrected chi connectivity index (χ1v) is 6.64. The number of hydrogen-bond acceptors (Lipinski definition) is 3. The fraction of sp³-hybridized carbons (Fsp3) is 0.643. The number of aliphatic hydroxyl groups is 1. The molecule has 1 amide bonds. The van der Waals surface area contributed by atoms with E-state index in [1.165, 1.54) is 0 Å². The Morgan fingerprint density at radius 3 is 2.72 bits per heavy atom. The van der Waals surface area contributed by atoms with Crippen LogP contribution >= 0.6 is 0 Å². The van der Waals surface area contributed by atoms with Crippen molar-refractivity contribution in [3.63, 3.8) is 0 Å². The molecule has 0 aliphatic rings. The average molecular weight is 253 g/mol. The van der Waals surface area contributed by atoms with Gasteiger partial charge in [-0.25, -0.2) is 0 Å². The normalized spacial score (nSPS) is 12.7. The lowest BCUT2D eigenvalue weighted by molar-refractivity contribution is -0.121. The zero-order valence-electron chi connectivity index (χ0n) is 11.2. The summed E-state index contributed by atoms with van der Waals surface area (Å²) < 4.78 is 5.15. The number of hydrogen-bond donors (Lipinski definition) is 2. The van der Waals surface area contributed by atoms with Crippen molar-refractivity contribution in [2.45, 2.75) is 45.6 Å². The van der Waals surface area contributed by atoms with Crippen LogP contribution in [0.5, 0.6) is 0 Å². The molecule has 4 heteroatoms. The van der Waals surface area contributed by atoms with Gasteiger partial charge in [-0.05, 0) is 18.1 Å². The van der Waals surface area contributed by atoms with Crippen molar-refractivity contribution in [1.82, 2.24) is 5.32 Å². The van der Waals surface area contributed by atoms with Gasteiger partial charge in [-0.15, -0.1) is 0 Å². The van der Waals surface area contributed by atoms with Gasteiger partial charge in [0.2, 0.25) is 5.91 Å². The first kappa shape index (κ1) is 14.8. The van der Waals surface area contributed by atoms with Gasteiger partial charge in [0.15, 0.2) is 0 Å². The van der Waals surface area contributed by atoms with Crippen molar-refractivity contribution in [3.8, 4) is 0 Å². The standard InChI is InChI=1S/C14H23NO3/c1-3-11(4-2)13(16)10-15-14(17)8-7-12-6-5-9-18-12/h5-6,9,11,13,16H,3-4,7-8,10H2,1-2H3,(H,15,17). The third-order valence-corrected chi connectivity index (χ3v) is 3.28. The molecule has 0 spiro atoms. The zero-order valence-corrected chi connectivity index (χ0v) is 11.2. The summed E-state index contributed by atoms with van der Waals surface area (Å²) in [6.45, 7) is 4.44. The van der Waals surface area contributed by atoms with Gasteiger partial charge in [0.1, 0.15) is 5.76 Å². The van der Waals surface area contributed by atoms with Gasteiger partial charge >= 0.3 is 0 Å². The van der Waals surface area contributed by atoms with E-state index in [4.69, 9.17) is 4.42 Å². The van der Waals surface area contributed by atoms with Crippen LogP contribution in [0, 0.1) is 5.92 Å². The third-order valence-electron chi connectivity index (χ3n) is 3.28. The van der Waals surface area contributed by atoms with Crippen LogP contribution < -0.4 is 5.32 Å². The molecule has 0 saturated carbocycles. The minimum Gasteiger partial charge on any atom is -0.469 e. The lowest BCUT2D eigenvalue weighted by Gasteiger charge is -2.20. The predicted octanol–water partition coefficient (Wildman–Crippen LogP) is 2.13. The van der Waals surface area contributed by atoms with Gasteiger partial charge in [0, 0.05) is 19.4 Å². The van der Waals surface area contributed by atoms with E-state index in [1.54, 1.807) is 6.26 Å². The first-order chi connectivity index (χ1) is 8.67. The second-order valence-corrected chi connectivity index (χ2v) is 4.53. The highest BCUT2D eigenvalue weighted by Crippen LogP contribution is 2.12. The van der Waals surface area contributed by atoms with Gasteiger partial charge < -0.3 is 14.8 Å². The molecule has 1 atom stereocenters. The van der Waals surface area contributed by atoms with Gasteiger partial charge in [-0.1, -0.05) is 26.7 Å². The quantitative estimate of drug-likeness (QED) is 0.746. The Balaban J connectivity index is 2.20. The number of carbonyl (C=O) groups excluding carboxylic acids is 1. The van der Waals surface area contributed by atoms with Gasteiger partial charge in [0.25, 0.3) is 0 Å². The molecule has 18 heavy (non-hydrogen) atoms. The Hall–Kier alpha value is -1.29. The van der Waals surface area contributed by atoms with Gasteiger partial charge in [-0.2, -0.15) is 0 Å². The average Bonchev–Trinajstić information content (AvgIpc) is 2.88. The van der Waals surface area contributed by atoms with Crippen molar-refractivity contribution in [2.75, 3.05) is 6.54 Å². The number of carbonyl (C=O) groups is 1. The molecular weight excluding hydrogens is 230 g/mol. The maximum absolute atomic E-state index is 11.6. The van der Waals surface area contributed by atoms with Gasteiger partial charge in [0.05, 0.1) is 12.4 Å². The smallest absolute Gasteiger partial charge is 0.220 e. The molecule has 0 aliphatic heterocycles. The summed E-state index contributed by atoms with van der Waals surface area (Å²) in [6.07, 6.45) is 4.00. The lowest BCUT2D eigenvalue weighted by atomic mass is 9.96. The molecule has 0 saturated heterocycles. The van der Waals surface area contributed by atoms with E-state index < -0.39 is 6.10 Å². The lowest BCUT2D eigenvalue weighted by Crippen LogP contribution is -2.36. The van der Waals surface area contributed by atoms with E-state index >= 15 is 0 Å². The molecule has 1 aromatic rings. The van der Waals surface area contributed by atoms with Crippen molar-refractivity contribution in [1.29, 1.82) is 0 Å². The van der Waals surface area contributed by atoms with Crippen LogP contribution in [-0.4, -0.2) is 23.7 Å². The molecule has 1 unspecified atom stereocenters. The Morgan fingerprint density at radius 1 is 1.44 bits per heavy atom. The van der Waals surface area contributed by atoms with Crippen LogP contribution in [-0.2, 0) is 11.2 Å². The van der Waals surface area contributed by atoms with Crippen LogP contribution in [0.15, 0.2) is 22.8 Å². The maximum atomic E-state index is 11.6. The molecule has 0 fully saturated rings. The fourth-order valence-corrected chi connectivity index (χ4v) is 2.00. The summed E-state index contributed by atoms with van der Waals surface area (Å²) in [5, 5.41) is 12.6. The van der Waals surface area contributed by atoms with Gasteiger partial charge in [-0.3, -0.25) is 4.79 Å². The molecule has 2 N–H and O–H groups in total. The monoisotopic (exact) mass is 253 g/mol. The molecule has 1 rings (SSSR count). The topological polar surface area (TPSA) is 62.5 Å². The van der Waals surface area contributed by atoms with Crippen LogP contribution in [0.4, 0.5) is 0 Å². The summed E-state index contributed by atoms with van der Waals surface area (Å²) in [5.74, 6) is 1.03. The molecule has 0 bridgehead atoms. The predicted molar refractivity (Wildman–Crippen MR) is 70.1 cm³/mol. The SMILES string of the molecule is CCC(CC)C(O)CNC(=O)CCc1ccco1. The molecule has 1 aromatic heterocycles. The van der Waals surface area contributed by atoms with Crippen molar-refractivity contribution in [2.24, 2.45) is 5.92 Å². The molecule has 4 nitrogen and oxygen atoms in total. The highest BCUT2D eigenvalue weighted by Gasteiger charge is 2.16. The minimum atomic E-state index is -0.451. The van der Waals surface area contributed by atoms with E-state index in [1.807, 2.05) is 12.1 Å². The van der Waals surface area contributed by atoms with Crippen molar-refractivity contribution in [3.05, 3.63) is 24.2 Å². The summed E-state index contributed by atoms with van der Waals surface area (Å²) >= 11 is 0. The van der Waals surface area contributed by atoms with Crippen LogP contribution in [0.3, 0.4) is 0 Å². The van der Waals surface area contributed by atoms with Crippen LogP contribution in [0.2, 0.25) is 0 Å². The van der Waals surface area contributed by atoms with E-state index in [0.717, 1.165) is 18.6 Å². The van der Waals surface area contributed by atoms with E-state index in [0.29, 0.717) is 19.4 Å². The number of aliphatic hydroxyl groups excluding tert-OH is 1. The van der Waals surface area contributed by atoms with E-state index in [-0.39, 0.29) is 11.8 Å². The number of amides is 1. The Kier molecular flexibility index (Phi) is 6.50. The summed E-state index contributed by atoms with van der Waals surface area (Å²) in [4.78, 5) is 11.6. The second kappa shape index (κ2) is 7.93. The fourth-order valence-electron chi connectivity index (χ4n) is 2.00. The largest absolute Gasteiger partial charge is 0.469 e. The minimum absolute atomic E-state index is 0.0450. The molecule has 102 valence electrons. The number of furan rings is 1. The molecular formula is C14H23NO3. The highest BCUT2D eigenvalue weighted by atomic mass is 16.3. The summed E-state index contributed by atoms with van der Waals surface area (Å²) in [5.41, 5.74) is 0. The Bertz CT molecular complexity index is 331. The molecule has 0 aliphatic carbocycles. The maximum Gasteiger partial charge on any atom is 0.220 e. The second-order valence-electron chi connectivity index (χ2n) is 4.53. The third kappa shape index (κ3) is 4.92. The zero-order chi connectivity index (χ0) is 13.4. The number of nitrogens with one attached hydrogen (secondary N) is 1. The summed E-state index contributed by atoms with van der Waals surface area (Å²) in [6, 6.07) is 3.66. The van der Waals surface area contributed by atoms with Crippen molar-refractivity contribution >= 4 is 5.91 Å². The van der Waals surface area contributed by atoms with E-state index in [9.17, 15) is 9.90 Å². The van der Waals surface area contributed by atoms with E-state index in [2.05, 4.69) is 19.2 Å². The number of rotatable bonds is 8. The Labute approximate surface area is 108 Å². The number of aryl methyl sites for hydroxylation is 1. The summed E-state index contributed by atoms with van der Waals surface area (Å²) in [7, 11) is 0. The van der Waals surface area contributed by atoms with Crippen molar-refractivity contribution < 1.29 is 14.3 Å².